The Morgan fingerprint density at radius 1 is 1.06 bits per heavy atom. The number of anilines is 1. The predicted molar refractivity (Wildman–Crippen MR) is 124 cm³/mol. The quantitative estimate of drug-likeness (QED) is 0.583. The summed E-state index contributed by atoms with van der Waals surface area (Å²) < 4.78 is 32.7. The Bertz CT molecular complexity index is 1220. The van der Waals surface area contributed by atoms with Crippen molar-refractivity contribution in [3.63, 3.8) is 0 Å². The maximum absolute atomic E-state index is 13.0. The van der Waals surface area contributed by atoms with Crippen LogP contribution < -0.4 is 10.1 Å². The first-order valence-electron chi connectivity index (χ1n) is 10.3. The van der Waals surface area contributed by atoms with E-state index >= 15 is 0 Å². The number of nitrogens with one attached hydrogen (secondary N) is 1. The van der Waals surface area contributed by atoms with Gasteiger partial charge in [-0.15, -0.1) is 10.2 Å². The molecule has 2 heterocycles. The molecule has 0 atom stereocenters. The lowest BCUT2D eigenvalue weighted by Gasteiger charge is -2.26. The van der Waals surface area contributed by atoms with Crippen LogP contribution in [0.15, 0.2) is 47.4 Å². The van der Waals surface area contributed by atoms with E-state index in [4.69, 9.17) is 4.74 Å². The third kappa shape index (κ3) is 4.67. The molecule has 1 aromatic heterocycles. The number of nitrogens with zero attached hydrogens (tertiary/aromatic N) is 3. The normalized spacial score (nSPS) is 14.8. The summed E-state index contributed by atoms with van der Waals surface area (Å²) in [4.78, 5) is 13.1. The van der Waals surface area contributed by atoms with Gasteiger partial charge in [-0.05, 0) is 61.7 Å². The Morgan fingerprint density at radius 2 is 1.78 bits per heavy atom. The summed E-state index contributed by atoms with van der Waals surface area (Å²) in [6.45, 7) is 2.79. The van der Waals surface area contributed by atoms with Gasteiger partial charge >= 0.3 is 0 Å². The highest BCUT2D eigenvalue weighted by Crippen LogP contribution is 2.29. The van der Waals surface area contributed by atoms with Gasteiger partial charge < -0.3 is 4.74 Å². The lowest BCUT2D eigenvalue weighted by molar-refractivity contribution is 0.102. The minimum absolute atomic E-state index is 0.131. The molecule has 0 spiro atoms. The number of benzene rings is 2. The summed E-state index contributed by atoms with van der Waals surface area (Å²) >= 11 is 1.24. The van der Waals surface area contributed by atoms with Crippen LogP contribution in [0.1, 0.15) is 35.2 Å². The van der Waals surface area contributed by atoms with Gasteiger partial charge in [0.05, 0.1) is 12.0 Å². The summed E-state index contributed by atoms with van der Waals surface area (Å²) in [5.74, 6) is 0.317. The molecule has 1 aliphatic heterocycles. The minimum Gasteiger partial charge on any atom is -0.497 e. The average molecular weight is 473 g/mol. The number of ether oxygens (including phenoxy) is 1. The van der Waals surface area contributed by atoms with Crippen LogP contribution >= 0.6 is 11.3 Å². The van der Waals surface area contributed by atoms with E-state index in [1.54, 1.807) is 26.2 Å². The fourth-order valence-electron chi connectivity index (χ4n) is 3.55. The fraction of sp³-hybridized carbons (Fsp3) is 0.318. The van der Waals surface area contributed by atoms with Crippen molar-refractivity contribution in [1.29, 1.82) is 0 Å². The van der Waals surface area contributed by atoms with Crippen LogP contribution in [0.5, 0.6) is 5.75 Å². The van der Waals surface area contributed by atoms with E-state index in [1.165, 1.54) is 21.7 Å². The van der Waals surface area contributed by atoms with Crippen LogP contribution in [0.4, 0.5) is 5.13 Å². The molecule has 1 aliphatic rings. The second kappa shape index (κ2) is 9.35. The predicted octanol–water partition coefficient (Wildman–Crippen LogP) is 3.95. The van der Waals surface area contributed by atoms with Crippen molar-refractivity contribution >= 4 is 32.4 Å². The number of rotatable bonds is 6. The largest absolute Gasteiger partial charge is 0.497 e. The number of sulfonamides is 1. The first-order chi connectivity index (χ1) is 15.4. The number of carbonyl (C=O) groups is 1. The van der Waals surface area contributed by atoms with E-state index in [0.717, 1.165) is 30.6 Å². The molecular weight excluding hydrogens is 448 g/mol. The van der Waals surface area contributed by atoms with Crippen molar-refractivity contribution in [2.75, 3.05) is 25.5 Å². The number of amides is 1. The second-order valence-electron chi connectivity index (χ2n) is 7.54. The topological polar surface area (TPSA) is 101 Å². The van der Waals surface area contributed by atoms with Crippen LogP contribution in [-0.2, 0) is 10.0 Å². The van der Waals surface area contributed by atoms with Crippen LogP contribution in [0.2, 0.25) is 0 Å². The summed E-state index contributed by atoms with van der Waals surface area (Å²) in [5.41, 5.74) is 1.83. The Morgan fingerprint density at radius 3 is 2.47 bits per heavy atom. The van der Waals surface area contributed by atoms with Gasteiger partial charge in [-0.2, -0.15) is 4.31 Å². The molecule has 2 aromatic carbocycles. The number of piperidine rings is 1. The molecular formula is C22H24N4O4S2. The molecule has 32 heavy (non-hydrogen) atoms. The van der Waals surface area contributed by atoms with Gasteiger partial charge in [-0.25, -0.2) is 8.42 Å². The lowest BCUT2D eigenvalue weighted by Crippen LogP contribution is -2.35. The molecule has 10 heteroatoms. The van der Waals surface area contributed by atoms with Crippen molar-refractivity contribution in [3.8, 4) is 16.3 Å². The van der Waals surface area contributed by atoms with Gasteiger partial charge in [0, 0.05) is 24.2 Å². The van der Waals surface area contributed by atoms with Crippen LogP contribution in [0, 0.1) is 6.92 Å². The molecule has 0 aliphatic carbocycles. The van der Waals surface area contributed by atoms with Crippen molar-refractivity contribution in [1.82, 2.24) is 14.5 Å². The average Bonchev–Trinajstić information content (AvgIpc) is 3.28. The molecule has 1 N–H and O–H groups in total. The second-order valence-corrected chi connectivity index (χ2v) is 10.5. The third-order valence-corrected chi connectivity index (χ3v) is 8.17. The van der Waals surface area contributed by atoms with Crippen molar-refractivity contribution in [3.05, 3.63) is 53.6 Å². The zero-order valence-corrected chi connectivity index (χ0v) is 19.5. The Balaban J connectivity index is 1.53. The van der Waals surface area contributed by atoms with E-state index in [-0.39, 0.29) is 4.90 Å². The zero-order valence-electron chi connectivity index (χ0n) is 17.9. The standard InChI is InChI=1S/C22H24N4O4S2/c1-15-6-11-18(32(28,29)26-12-4-3-5-13-26)14-19(15)20(27)23-22-25-24-21(31-22)16-7-9-17(30-2)10-8-16/h6-11,14H,3-5,12-13H2,1-2H3,(H,23,25,27). The Hall–Kier alpha value is -2.82. The number of methoxy groups -OCH3 is 1. The molecule has 3 aromatic rings. The van der Waals surface area contributed by atoms with E-state index < -0.39 is 15.9 Å². The van der Waals surface area contributed by atoms with E-state index in [0.29, 0.717) is 34.4 Å². The van der Waals surface area contributed by atoms with Gasteiger partial charge in [0.15, 0.2) is 0 Å². The molecule has 0 saturated carbocycles. The monoisotopic (exact) mass is 472 g/mol. The summed E-state index contributed by atoms with van der Waals surface area (Å²) in [6, 6.07) is 12.0. The molecule has 0 unspecified atom stereocenters. The van der Waals surface area contributed by atoms with Gasteiger partial charge in [0.25, 0.3) is 5.91 Å². The molecule has 1 amide bonds. The summed E-state index contributed by atoms with van der Waals surface area (Å²) in [7, 11) is -2.03. The lowest BCUT2D eigenvalue weighted by atomic mass is 10.1. The summed E-state index contributed by atoms with van der Waals surface area (Å²) in [6.07, 6.45) is 2.74. The van der Waals surface area contributed by atoms with Gasteiger partial charge in [0.1, 0.15) is 10.8 Å². The molecule has 1 fully saturated rings. The minimum atomic E-state index is -3.63. The Labute approximate surface area is 191 Å². The van der Waals surface area contributed by atoms with E-state index in [9.17, 15) is 13.2 Å². The number of carbonyl (C=O) groups excluding carboxylic acids is 1. The van der Waals surface area contributed by atoms with Gasteiger partial charge in [-0.3, -0.25) is 10.1 Å². The molecule has 4 rings (SSSR count). The highest BCUT2D eigenvalue weighted by molar-refractivity contribution is 7.89. The van der Waals surface area contributed by atoms with Crippen LogP contribution in [0.3, 0.4) is 0 Å². The molecule has 168 valence electrons. The zero-order chi connectivity index (χ0) is 22.7. The van der Waals surface area contributed by atoms with Crippen molar-refractivity contribution < 1.29 is 17.9 Å². The van der Waals surface area contributed by atoms with Crippen molar-refractivity contribution in [2.24, 2.45) is 0 Å². The van der Waals surface area contributed by atoms with Gasteiger partial charge in [0.2, 0.25) is 15.2 Å². The summed E-state index contributed by atoms with van der Waals surface area (Å²) in [5, 5.41) is 11.9. The SMILES string of the molecule is COc1ccc(-c2nnc(NC(=O)c3cc(S(=O)(=O)N4CCCCC4)ccc3C)s2)cc1. The highest BCUT2D eigenvalue weighted by Gasteiger charge is 2.27. The van der Waals surface area contributed by atoms with Crippen LogP contribution in [0.25, 0.3) is 10.6 Å². The molecule has 8 nitrogen and oxygen atoms in total. The molecule has 1 saturated heterocycles. The Kier molecular flexibility index (Phi) is 6.54. The first-order valence-corrected chi connectivity index (χ1v) is 12.5. The maximum atomic E-state index is 13.0. The molecule has 0 radical (unpaired) electrons. The smallest absolute Gasteiger partial charge is 0.257 e. The maximum Gasteiger partial charge on any atom is 0.257 e. The number of hydrogen-bond acceptors (Lipinski definition) is 7. The van der Waals surface area contributed by atoms with Crippen LogP contribution in [-0.4, -0.2) is 49.0 Å². The number of aromatic nitrogens is 2. The molecule has 0 bridgehead atoms. The third-order valence-electron chi connectivity index (χ3n) is 5.39. The van der Waals surface area contributed by atoms with Crippen molar-refractivity contribution in [2.45, 2.75) is 31.1 Å². The fourth-order valence-corrected chi connectivity index (χ4v) is 5.84. The number of hydrogen-bond donors (Lipinski definition) is 1. The van der Waals surface area contributed by atoms with Gasteiger partial charge in [-0.1, -0.05) is 23.8 Å². The first kappa shape index (κ1) is 22.4. The highest BCUT2D eigenvalue weighted by atomic mass is 32.2. The van der Waals surface area contributed by atoms with E-state index in [2.05, 4.69) is 15.5 Å². The number of aryl methyl sites for hydroxylation is 1. The van der Waals surface area contributed by atoms with E-state index in [1.807, 2.05) is 24.3 Å².